The molecule has 0 fully saturated rings. The quantitative estimate of drug-likeness (QED) is 0.191. The average Bonchev–Trinajstić information content (AvgIpc) is 2.99. The monoisotopic (exact) mass is 517 g/mol. The van der Waals surface area contributed by atoms with Crippen molar-refractivity contribution < 1.29 is 4.79 Å². The number of rotatable bonds is 8. The van der Waals surface area contributed by atoms with Gasteiger partial charge in [0.25, 0.3) is 5.91 Å². The molecule has 1 N–H and O–H groups in total. The van der Waals surface area contributed by atoms with Crippen molar-refractivity contribution in [3.05, 3.63) is 162 Å². The Hall–Kier alpha value is -3.98. The zero-order chi connectivity index (χ0) is 25.3. The van der Waals surface area contributed by atoms with Crippen LogP contribution in [0.3, 0.4) is 0 Å². The topological polar surface area (TPSA) is 42.0 Å². The number of carbonyl (C=O) groups is 1. The molecule has 4 aromatic carbocycles. The first kappa shape index (κ1) is 24.7. The molecule has 0 saturated carbocycles. The number of carbonyl (C=O) groups excluding carboxylic acids is 1. The molecule has 1 amide bonds. The van der Waals surface area contributed by atoms with Crippen molar-refractivity contribution in [2.45, 2.75) is 5.03 Å². The van der Waals surface area contributed by atoms with Crippen LogP contribution in [0, 0.1) is 0 Å². The molecule has 0 spiro atoms. The average molecular weight is 518 g/mol. The first-order chi connectivity index (χ1) is 18.3. The van der Waals surface area contributed by atoms with Crippen molar-refractivity contribution in [2.24, 2.45) is 0 Å². The van der Waals surface area contributed by atoms with Gasteiger partial charge in [-0.1, -0.05) is 90.6 Å². The molecule has 3 nitrogen and oxygen atoms in total. The van der Waals surface area contributed by atoms with E-state index >= 15 is 0 Å². The number of amides is 1. The van der Waals surface area contributed by atoms with Crippen molar-refractivity contribution in [3.63, 3.8) is 0 Å². The molecule has 0 aliphatic rings. The largest absolute Gasteiger partial charge is 0.291 e. The van der Waals surface area contributed by atoms with Gasteiger partial charge >= 0.3 is 0 Å². The van der Waals surface area contributed by atoms with Crippen molar-refractivity contribution in [1.82, 2.24) is 10.3 Å². The number of nitrogens with zero attached hydrogens (tertiary/aromatic N) is 1. The van der Waals surface area contributed by atoms with Crippen LogP contribution in [0.5, 0.6) is 0 Å². The van der Waals surface area contributed by atoms with Gasteiger partial charge in [-0.2, -0.15) is 0 Å². The molecule has 37 heavy (non-hydrogen) atoms. The number of pyridine rings is 1. The summed E-state index contributed by atoms with van der Waals surface area (Å²) >= 11 is 1.52. The van der Waals surface area contributed by atoms with Crippen LogP contribution >= 0.6 is 19.0 Å². The third kappa shape index (κ3) is 5.41. The summed E-state index contributed by atoms with van der Waals surface area (Å²) in [4.78, 5) is 18.2. The highest BCUT2D eigenvalue weighted by atomic mass is 32.2. The number of aromatic nitrogens is 1. The van der Waals surface area contributed by atoms with Crippen molar-refractivity contribution in [1.29, 1.82) is 0 Å². The molecule has 5 heteroatoms. The van der Waals surface area contributed by atoms with Crippen molar-refractivity contribution in [2.75, 3.05) is 0 Å². The molecule has 0 unspecified atom stereocenters. The zero-order valence-corrected chi connectivity index (χ0v) is 21.9. The van der Waals surface area contributed by atoms with Crippen LogP contribution < -0.4 is 21.2 Å². The van der Waals surface area contributed by atoms with Crippen LogP contribution in [0.4, 0.5) is 0 Å². The highest BCUT2D eigenvalue weighted by Gasteiger charge is 2.50. The van der Waals surface area contributed by atoms with E-state index in [-0.39, 0.29) is 5.91 Å². The molecule has 0 aliphatic carbocycles. The predicted octanol–water partition coefficient (Wildman–Crippen LogP) is 6.40. The van der Waals surface area contributed by atoms with E-state index in [0.717, 1.165) is 26.4 Å². The number of benzene rings is 4. The summed E-state index contributed by atoms with van der Waals surface area (Å²) < 4.78 is 0. The second kappa shape index (κ2) is 11.8. The Labute approximate surface area is 222 Å². The first-order valence-electron chi connectivity index (χ1n) is 12.0. The minimum atomic E-state index is -2.49. The van der Waals surface area contributed by atoms with Gasteiger partial charge in [0.1, 0.15) is 20.9 Å². The Morgan fingerprint density at radius 2 is 1.08 bits per heavy atom. The van der Waals surface area contributed by atoms with Gasteiger partial charge in [0.05, 0.1) is 0 Å². The van der Waals surface area contributed by atoms with E-state index in [9.17, 15) is 4.79 Å². The molecular formula is C32H26N2OPS+. The van der Waals surface area contributed by atoms with Gasteiger partial charge in [-0.15, -0.1) is 0 Å². The molecule has 1 heterocycles. The number of hydrogen-bond acceptors (Lipinski definition) is 3. The van der Waals surface area contributed by atoms with E-state index in [1.165, 1.54) is 11.8 Å². The molecule has 180 valence electrons. The van der Waals surface area contributed by atoms with E-state index < -0.39 is 7.26 Å². The van der Waals surface area contributed by atoms with Crippen LogP contribution in [0.2, 0.25) is 0 Å². The normalized spacial score (nSPS) is 11.6. The predicted molar refractivity (Wildman–Crippen MR) is 157 cm³/mol. The van der Waals surface area contributed by atoms with Crippen molar-refractivity contribution in [3.8, 4) is 0 Å². The van der Waals surface area contributed by atoms with Gasteiger partial charge in [-0.25, -0.2) is 4.98 Å². The second-order valence-corrected chi connectivity index (χ2v) is 12.5. The lowest BCUT2D eigenvalue weighted by molar-refractivity contribution is 0.0968. The lowest BCUT2D eigenvalue weighted by atomic mass is 10.2. The van der Waals surface area contributed by atoms with Crippen LogP contribution in [0.1, 0.15) is 10.4 Å². The summed E-state index contributed by atoms with van der Waals surface area (Å²) in [6, 6.07) is 46.7. The maximum atomic E-state index is 13.6. The highest BCUT2D eigenvalue weighted by molar-refractivity contribution is 8.04. The zero-order valence-electron chi connectivity index (χ0n) is 20.1. The Kier molecular flexibility index (Phi) is 7.90. The smallest absolute Gasteiger partial charge is 0.258 e. The summed E-state index contributed by atoms with van der Waals surface area (Å²) in [7, 11) is -2.49. The van der Waals surface area contributed by atoms with Crippen LogP contribution in [-0.4, -0.2) is 10.9 Å². The molecule has 0 saturated heterocycles. The number of thioether (sulfide) groups is 1. The second-order valence-electron chi connectivity index (χ2n) is 8.29. The minimum absolute atomic E-state index is 0.138. The van der Waals surface area contributed by atoms with Gasteiger partial charge < -0.3 is 0 Å². The maximum Gasteiger partial charge on any atom is 0.258 e. The minimum Gasteiger partial charge on any atom is -0.291 e. The third-order valence-corrected chi connectivity index (χ3v) is 11.2. The van der Waals surface area contributed by atoms with E-state index in [0.29, 0.717) is 5.56 Å². The van der Waals surface area contributed by atoms with E-state index in [4.69, 9.17) is 0 Å². The number of hydrogen-bond donors (Lipinski definition) is 1. The SMILES string of the molecule is O=C(N/C(=C\Sc1ccccn1)[P+](c1ccccc1)(c1ccccc1)c1ccccc1)c1ccccc1. The molecule has 5 aromatic rings. The van der Waals surface area contributed by atoms with Gasteiger partial charge in [0.15, 0.2) is 12.7 Å². The fraction of sp³-hybridized carbons (Fsp3) is 0. The number of nitrogens with one attached hydrogen (secondary N) is 1. The Morgan fingerprint density at radius 3 is 1.54 bits per heavy atom. The summed E-state index contributed by atoms with van der Waals surface area (Å²) in [5, 5.41) is 9.78. The third-order valence-electron chi connectivity index (χ3n) is 6.00. The van der Waals surface area contributed by atoms with Gasteiger partial charge in [-0.3, -0.25) is 10.1 Å². The summed E-state index contributed by atoms with van der Waals surface area (Å²) in [5.74, 6) is -0.138. The van der Waals surface area contributed by atoms with E-state index in [1.807, 2.05) is 66.7 Å². The standard InChI is InChI=1S/C32H25N2OPS/c35-32(26-15-5-1-6-16-26)34-30(25-37-31-23-13-14-24-33-31)36(27-17-7-2-8-18-27,28-19-9-3-10-20-28)29-21-11-4-12-22-29/h1-25H/p+1/b30-25+. The molecule has 0 atom stereocenters. The Morgan fingerprint density at radius 1 is 0.622 bits per heavy atom. The molecule has 5 rings (SSSR count). The van der Waals surface area contributed by atoms with E-state index in [2.05, 4.69) is 88.5 Å². The van der Waals surface area contributed by atoms with Gasteiger partial charge in [-0.05, 0) is 60.7 Å². The Bertz CT molecular complexity index is 1370. The maximum absolute atomic E-state index is 13.6. The van der Waals surface area contributed by atoms with Gasteiger partial charge in [0, 0.05) is 17.2 Å². The molecule has 0 aliphatic heterocycles. The van der Waals surface area contributed by atoms with Crippen LogP contribution in [-0.2, 0) is 0 Å². The molecular weight excluding hydrogens is 491 g/mol. The van der Waals surface area contributed by atoms with Gasteiger partial charge in [0.2, 0.25) is 0 Å². The van der Waals surface area contributed by atoms with Crippen molar-refractivity contribution >= 4 is 40.8 Å². The lowest BCUT2D eigenvalue weighted by Crippen LogP contribution is -2.38. The highest BCUT2D eigenvalue weighted by Crippen LogP contribution is 2.62. The fourth-order valence-electron chi connectivity index (χ4n) is 4.32. The lowest BCUT2D eigenvalue weighted by Gasteiger charge is -2.29. The first-order valence-corrected chi connectivity index (χ1v) is 14.7. The Balaban J connectivity index is 1.77. The molecule has 1 aromatic heterocycles. The fourth-order valence-corrected chi connectivity index (χ4v) is 9.54. The molecule has 0 bridgehead atoms. The molecule has 0 radical (unpaired) electrons. The van der Waals surface area contributed by atoms with E-state index in [1.54, 1.807) is 6.20 Å². The summed E-state index contributed by atoms with van der Waals surface area (Å²) in [6.45, 7) is 0. The summed E-state index contributed by atoms with van der Waals surface area (Å²) in [6.07, 6.45) is 1.78. The van der Waals surface area contributed by atoms with Crippen LogP contribution in [0.25, 0.3) is 0 Å². The van der Waals surface area contributed by atoms with Crippen LogP contribution in [0.15, 0.2) is 162 Å². The summed E-state index contributed by atoms with van der Waals surface area (Å²) in [5.41, 5.74) is 1.48.